The molecule has 0 bridgehead atoms. The van der Waals surface area contributed by atoms with Gasteiger partial charge >= 0.3 is 0 Å². The van der Waals surface area contributed by atoms with Crippen LogP contribution in [0.4, 0.5) is 5.69 Å². The first-order valence-electron chi connectivity index (χ1n) is 5.16. The van der Waals surface area contributed by atoms with Gasteiger partial charge in [0, 0.05) is 6.54 Å². The van der Waals surface area contributed by atoms with Crippen LogP contribution >= 0.6 is 0 Å². The molecule has 1 aliphatic heterocycles. The van der Waals surface area contributed by atoms with E-state index in [1.165, 1.54) is 0 Å². The van der Waals surface area contributed by atoms with Gasteiger partial charge in [-0.2, -0.15) is 0 Å². The summed E-state index contributed by atoms with van der Waals surface area (Å²) in [4.78, 5) is 0.459. The summed E-state index contributed by atoms with van der Waals surface area (Å²) in [5, 5.41) is 2.80. The van der Waals surface area contributed by atoms with Gasteiger partial charge in [0.15, 0.2) is 9.84 Å². The largest absolute Gasteiger partial charge is 0.383 e. The molecule has 0 aromatic heterocycles. The van der Waals surface area contributed by atoms with E-state index >= 15 is 0 Å². The Kier molecular flexibility index (Phi) is 2.46. The van der Waals surface area contributed by atoms with Gasteiger partial charge in [0.05, 0.1) is 15.8 Å². The maximum atomic E-state index is 12.0. The predicted octanol–water partition coefficient (Wildman–Crippen LogP) is 1.84. The van der Waals surface area contributed by atoms with E-state index in [0.717, 1.165) is 17.7 Å². The molecule has 15 heavy (non-hydrogen) atoms. The van der Waals surface area contributed by atoms with Crippen molar-refractivity contribution in [2.75, 3.05) is 11.9 Å². The van der Waals surface area contributed by atoms with E-state index < -0.39 is 9.84 Å². The summed E-state index contributed by atoms with van der Waals surface area (Å²) in [5.74, 6) is 0. The Balaban J connectivity index is 2.62. The normalized spacial score (nSPS) is 22.9. The van der Waals surface area contributed by atoms with Crippen LogP contribution in [0, 0.1) is 0 Å². The van der Waals surface area contributed by atoms with Gasteiger partial charge in [-0.25, -0.2) is 8.42 Å². The van der Waals surface area contributed by atoms with Gasteiger partial charge in [0.25, 0.3) is 0 Å². The third-order valence-corrected chi connectivity index (χ3v) is 5.05. The first-order valence-corrected chi connectivity index (χ1v) is 6.71. The molecule has 1 aromatic rings. The molecule has 1 heterocycles. The van der Waals surface area contributed by atoms with Gasteiger partial charge in [0.1, 0.15) is 0 Å². The van der Waals surface area contributed by atoms with Crippen molar-refractivity contribution in [2.45, 2.75) is 30.4 Å². The first kappa shape index (κ1) is 10.5. The van der Waals surface area contributed by atoms with E-state index in [4.69, 9.17) is 0 Å². The van der Waals surface area contributed by atoms with Gasteiger partial charge < -0.3 is 5.32 Å². The quantitative estimate of drug-likeness (QED) is 0.793. The Morgan fingerprint density at radius 3 is 2.87 bits per heavy atom. The molecule has 0 radical (unpaired) electrons. The van der Waals surface area contributed by atoms with Crippen molar-refractivity contribution in [2.24, 2.45) is 0 Å². The maximum Gasteiger partial charge on any atom is 0.184 e. The highest BCUT2D eigenvalue weighted by Crippen LogP contribution is 2.30. The molecular formula is C11H15NO2S. The average molecular weight is 225 g/mol. The maximum absolute atomic E-state index is 12.0. The summed E-state index contributed by atoms with van der Waals surface area (Å²) < 4.78 is 24.1. The van der Waals surface area contributed by atoms with Crippen molar-refractivity contribution in [3.05, 3.63) is 23.8 Å². The molecule has 0 amide bonds. The minimum Gasteiger partial charge on any atom is -0.383 e. The Morgan fingerprint density at radius 1 is 1.47 bits per heavy atom. The second-order valence-corrected chi connectivity index (χ2v) is 6.26. The SMILES string of the molecule is CCc1ccc2c(c1)S(=O)(=O)C(C)CN2. The lowest BCUT2D eigenvalue weighted by molar-refractivity contribution is 0.582. The molecule has 0 saturated carbocycles. The summed E-state index contributed by atoms with van der Waals surface area (Å²) in [6, 6.07) is 5.61. The number of fused-ring (bicyclic) bond motifs is 1. The van der Waals surface area contributed by atoms with Crippen molar-refractivity contribution in [3.63, 3.8) is 0 Å². The number of anilines is 1. The molecule has 4 heteroatoms. The third kappa shape index (κ3) is 1.63. The molecular weight excluding hydrogens is 210 g/mol. The predicted molar refractivity (Wildman–Crippen MR) is 61.0 cm³/mol. The number of hydrogen-bond donors (Lipinski definition) is 1. The van der Waals surface area contributed by atoms with Crippen molar-refractivity contribution in [3.8, 4) is 0 Å². The van der Waals surface area contributed by atoms with Crippen LogP contribution in [0.5, 0.6) is 0 Å². The van der Waals surface area contributed by atoms with Crippen LogP contribution in [0.25, 0.3) is 0 Å². The molecule has 1 N–H and O–H groups in total. The number of aryl methyl sites for hydroxylation is 1. The van der Waals surface area contributed by atoms with Crippen LogP contribution in [0.2, 0.25) is 0 Å². The summed E-state index contributed by atoms with van der Waals surface area (Å²) in [6.45, 7) is 4.26. The van der Waals surface area contributed by atoms with Crippen molar-refractivity contribution < 1.29 is 8.42 Å². The molecule has 0 fully saturated rings. The van der Waals surface area contributed by atoms with Crippen LogP contribution in [0.3, 0.4) is 0 Å². The first-order chi connectivity index (χ1) is 7.05. The molecule has 1 atom stereocenters. The molecule has 1 aromatic carbocycles. The molecule has 1 unspecified atom stereocenters. The molecule has 2 rings (SSSR count). The lowest BCUT2D eigenvalue weighted by Gasteiger charge is -2.24. The van der Waals surface area contributed by atoms with Crippen LogP contribution in [0.15, 0.2) is 23.1 Å². The minimum absolute atomic E-state index is 0.336. The number of benzene rings is 1. The lowest BCUT2D eigenvalue weighted by Crippen LogP contribution is -2.31. The van der Waals surface area contributed by atoms with E-state index in [1.807, 2.05) is 19.1 Å². The topological polar surface area (TPSA) is 46.2 Å². The van der Waals surface area contributed by atoms with Gasteiger partial charge in [0.2, 0.25) is 0 Å². The van der Waals surface area contributed by atoms with Crippen molar-refractivity contribution in [1.29, 1.82) is 0 Å². The fourth-order valence-corrected chi connectivity index (χ4v) is 3.25. The molecule has 0 spiro atoms. The Bertz CT molecular complexity index is 479. The van der Waals surface area contributed by atoms with Crippen LogP contribution in [-0.2, 0) is 16.3 Å². The highest BCUT2D eigenvalue weighted by molar-refractivity contribution is 7.92. The van der Waals surface area contributed by atoms with E-state index in [1.54, 1.807) is 13.0 Å². The Labute approximate surface area is 90.4 Å². The van der Waals surface area contributed by atoms with E-state index in [2.05, 4.69) is 5.32 Å². The van der Waals surface area contributed by atoms with E-state index in [0.29, 0.717) is 11.4 Å². The molecule has 0 saturated heterocycles. The van der Waals surface area contributed by atoms with Gasteiger partial charge in [-0.15, -0.1) is 0 Å². The van der Waals surface area contributed by atoms with Gasteiger partial charge in [-0.05, 0) is 31.0 Å². The molecule has 0 aliphatic carbocycles. The standard InChI is InChI=1S/C11H15NO2S/c1-3-9-4-5-10-11(6-9)15(13,14)8(2)7-12-10/h4-6,8,12H,3,7H2,1-2H3. The number of hydrogen-bond acceptors (Lipinski definition) is 3. The Morgan fingerprint density at radius 2 is 2.20 bits per heavy atom. The second-order valence-electron chi connectivity index (χ2n) is 3.92. The Hall–Kier alpha value is -1.03. The summed E-state index contributed by atoms with van der Waals surface area (Å²) in [7, 11) is -3.12. The third-order valence-electron chi connectivity index (χ3n) is 2.87. The highest BCUT2D eigenvalue weighted by Gasteiger charge is 2.30. The summed E-state index contributed by atoms with van der Waals surface area (Å²) >= 11 is 0. The monoisotopic (exact) mass is 225 g/mol. The van der Waals surface area contributed by atoms with Crippen LogP contribution < -0.4 is 5.32 Å². The second kappa shape index (κ2) is 3.52. The molecule has 82 valence electrons. The summed E-state index contributed by atoms with van der Waals surface area (Å²) in [5.41, 5.74) is 1.80. The smallest absolute Gasteiger partial charge is 0.184 e. The van der Waals surface area contributed by atoms with Crippen LogP contribution in [0.1, 0.15) is 19.4 Å². The summed E-state index contributed by atoms with van der Waals surface area (Å²) in [6.07, 6.45) is 0.858. The zero-order valence-corrected chi connectivity index (χ0v) is 9.76. The zero-order valence-electron chi connectivity index (χ0n) is 8.95. The fraction of sp³-hybridized carbons (Fsp3) is 0.455. The van der Waals surface area contributed by atoms with Gasteiger partial charge in [-0.3, -0.25) is 0 Å². The minimum atomic E-state index is -3.12. The molecule has 1 aliphatic rings. The molecule has 3 nitrogen and oxygen atoms in total. The zero-order chi connectivity index (χ0) is 11.1. The lowest BCUT2D eigenvalue weighted by atomic mass is 10.1. The van der Waals surface area contributed by atoms with Crippen molar-refractivity contribution >= 4 is 15.5 Å². The van der Waals surface area contributed by atoms with Gasteiger partial charge in [-0.1, -0.05) is 13.0 Å². The number of rotatable bonds is 1. The van der Waals surface area contributed by atoms with Crippen molar-refractivity contribution in [1.82, 2.24) is 0 Å². The number of sulfone groups is 1. The van der Waals surface area contributed by atoms with E-state index in [9.17, 15) is 8.42 Å². The van der Waals surface area contributed by atoms with Crippen LogP contribution in [-0.4, -0.2) is 20.2 Å². The number of nitrogens with one attached hydrogen (secondary N) is 1. The fourth-order valence-electron chi connectivity index (χ4n) is 1.75. The average Bonchev–Trinajstić information content (AvgIpc) is 2.24. The van der Waals surface area contributed by atoms with E-state index in [-0.39, 0.29) is 5.25 Å². The highest BCUT2D eigenvalue weighted by atomic mass is 32.2.